The number of hydrogen-bond donors (Lipinski definition) is 1. The van der Waals surface area contributed by atoms with Crippen LogP contribution in [0.25, 0.3) is 16.9 Å². The van der Waals surface area contributed by atoms with E-state index in [9.17, 15) is 9.90 Å². The maximum absolute atomic E-state index is 11.5. The zero-order valence-corrected chi connectivity index (χ0v) is 13.3. The van der Waals surface area contributed by atoms with Gasteiger partial charge >= 0.3 is 5.97 Å². The van der Waals surface area contributed by atoms with Gasteiger partial charge in [0.25, 0.3) is 0 Å². The van der Waals surface area contributed by atoms with E-state index >= 15 is 0 Å². The van der Waals surface area contributed by atoms with Gasteiger partial charge in [-0.05, 0) is 31.5 Å². The van der Waals surface area contributed by atoms with E-state index < -0.39 is 12.0 Å². The van der Waals surface area contributed by atoms with Crippen LogP contribution in [0.4, 0.5) is 0 Å². The number of carboxylic acids is 1. The van der Waals surface area contributed by atoms with Crippen molar-refractivity contribution in [3.05, 3.63) is 60.4 Å². The van der Waals surface area contributed by atoms with E-state index in [1.165, 1.54) is 0 Å². The van der Waals surface area contributed by atoms with Crippen LogP contribution in [-0.2, 0) is 11.3 Å². The molecule has 24 heavy (non-hydrogen) atoms. The Bertz CT molecular complexity index is 873. The first-order valence-corrected chi connectivity index (χ1v) is 8.22. The molecule has 1 aliphatic heterocycles. The summed E-state index contributed by atoms with van der Waals surface area (Å²) in [4.78, 5) is 18.3. The lowest BCUT2D eigenvalue weighted by molar-refractivity contribution is -0.142. The summed E-state index contributed by atoms with van der Waals surface area (Å²) >= 11 is 0. The summed E-state index contributed by atoms with van der Waals surface area (Å²) < 4.78 is 2.07. The molecule has 5 heteroatoms. The molecule has 0 amide bonds. The van der Waals surface area contributed by atoms with Crippen LogP contribution in [-0.4, -0.2) is 37.9 Å². The number of aromatic nitrogens is 2. The summed E-state index contributed by atoms with van der Waals surface area (Å²) in [6, 6.07) is 15.6. The molecule has 1 aromatic carbocycles. The van der Waals surface area contributed by atoms with Crippen LogP contribution in [0.15, 0.2) is 54.7 Å². The number of imidazole rings is 1. The van der Waals surface area contributed by atoms with Crippen LogP contribution in [0.1, 0.15) is 18.5 Å². The van der Waals surface area contributed by atoms with E-state index in [-0.39, 0.29) is 0 Å². The predicted octanol–water partition coefficient (Wildman–Crippen LogP) is 3.05. The van der Waals surface area contributed by atoms with E-state index in [1.54, 1.807) is 0 Å². The second-order valence-electron chi connectivity index (χ2n) is 6.17. The largest absolute Gasteiger partial charge is 0.480 e. The van der Waals surface area contributed by atoms with Gasteiger partial charge in [0, 0.05) is 18.3 Å². The molecule has 0 unspecified atom stereocenters. The van der Waals surface area contributed by atoms with Crippen molar-refractivity contribution in [2.75, 3.05) is 6.54 Å². The van der Waals surface area contributed by atoms with E-state index in [0.29, 0.717) is 13.0 Å². The molecular weight excluding hydrogens is 302 g/mol. The summed E-state index contributed by atoms with van der Waals surface area (Å²) in [6.07, 6.45) is 3.64. The van der Waals surface area contributed by atoms with E-state index in [2.05, 4.69) is 4.40 Å². The Morgan fingerprint density at radius 1 is 1.17 bits per heavy atom. The molecule has 4 rings (SSSR count). The number of benzene rings is 1. The molecule has 1 N–H and O–H groups in total. The zero-order valence-electron chi connectivity index (χ0n) is 13.3. The maximum Gasteiger partial charge on any atom is 0.320 e. The first kappa shape index (κ1) is 14.9. The molecule has 5 nitrogen and oxygen atoms in total. The van der Waals surface area contributed by atoms with Gasteiger partial charge in [0.15, 0.2) is 0 Å². The van der Waals surface area contributed by atoms with Gasteiger partial charge in [-0.1, -0.05) is 36.4 Å². The van der Waals surface area contributed by atoms with Crippen LogP contribution in [0.5, 0.6) is 0 Å². The van der Waals surface area contributed by atoms with E-state index in [1.807, 2.05) is 59.6 Å². The molecule has 0 radical (unpaired) electrons. The lowest BCUT2D eigenvalue weighted by Crippen LogP contribution is -2.35. The van der Waals surface area contributed by atoms with Gasteiger partial charge in [-0.2, -0.15) is 0 Å². The Morgan fingerprint density at radius 3 is 2.75 bits per heavy atom. The quantitative estimate of drug-likeness (QED) is 0.802. The summed E-state index contributed by atoms with van der Waals surface area (Å²) in [5, 5.41) is 9.45. The number of carboxylic acid groups (broad SMARTS) is 1. The number of carbonyl (C=O) groups is 1. The van der Waals surface area contributed by atoms with Crippen LogP contribution >= 0.6 is 0 Å². The average molecular weight is 321 g/mol. The Labute approximate surface area is 140 Å². The van der Waals surface area contributed by atoms with Crippen molar-refractivity contribution in [2.24, 2.45) is 0 Å². The molecule has 0 aliphatic carbocycles. The third kappa shape index (κ3) is 2.57. The number of pyridine rings is 1. The number of hydrogen-bond acceptors (Lipinski definition) is 3. The van der Waals surface area contributed by atoms with Gasteiger partial charge in [0.2, 0.25) is 0 Å². The second-order valence-corrected chi connectivity index (χ2v) is 6.17. The SMILES string of the molecule is O=C(O)[C@@H]1CCCN1Cc1c(-c2ccccc2)nc2ccccn12. The highest BCUT2D eigenvalue weighted by Crippen LogP contribution is 2.28. The van der Waals surface area contributed by atoms with Crippen LogP contribution < -0.4 is 0 Å². The lowest BCUT2D eigenvalue weighted by Gasteiger charge is -2.21. The minimum Gasteiger partial charge on any atom is -0.480 e. The average Bonchev–Trinajstić information content (AvgIpc) is 3.21. The molecule has 3 aromatic rings. The van der Waals surface area contributed by atoms with Crippen molar-refractivity contribution in [1.82, 2.24) is 14.3 Å². The fraction of sp³-hybridized carbons (Fsp3) is 0.263. The van der Waals surface area contributed by atoms with Crippen molar-refractivity contribution in [3.63, 3.8) is 0 Å². The summed E-state index contributed by atoms with van der Waals surface area (Å²) in [5.41, 5.74) is 3.92. The molecule has 0 bridgehead atoms. The highest BCUT2D eigenvalue weighted by molar-refractivity contribution is 5.74. The topological polar surface area (TPSA) is 57.8 Å². The van der Waals surface area contributed by atoms with Gasteiger partial charge in [-0.3, -0.25) is 9.69 Å². The standard InChI is InChI=1S/C19H19N3O2/c23-19(24)15-9-6-11-21(15)13-16-18(14-7-2-1-3-8-14)20-17-10-4-5-12-22(16)17/h1-5,7-8,10,12,15H,6,9,11,13H2,(H,23,24)/t15-/m0/s1. The normalized spacial score (nSPS) is 18.2. The molecule has 2 aromatic heterocycles. The minimum atomic E-state index is -0.734. The van der Waals surface area contributed by atoms with Crippen LogP contribution in [0.3, 0.4) is 0 Å². The van der Waals surface area contributed by atoms with Gasteiger partial charge < -0.3 is 9.51 Å². The zero-order chi connectivity index (χ0) is 16.5. The molecule has 0 spiro atoms. The third-order valence-electron chi connectivity index (χ3n) is 4.68. The van der Waals surface area contributed by atoms with Crippen molar-refractivity contribution in [1.29, 1.82) is 0 Å². The smallest absolute Gasteiger partial charge is 0.320 e. The Hall–Kier alpha value is -2.66. The summed E-state index contributed by atoms with van der Waals surface area (Å²) in [6.45, 7) is 1.40. The molecule has 1 atom stereocenters. The fourth-order valence-electron chi connectivity index (χ4n) is 3.51. The molecule has 1 fully saturated rings. The molecule has 122 valence electrons. The highest BCUT2D eigenvalue weighted by atomic mass is 16.4. The summed E-state index contributed by atoms with van der Waals surface area (Å²) in [5.74, 6) is -0.734. The number of nitrogens with zero attached hydrogens (tertiary/aromatic N) is 3. The van der Waals surface area contributed by atoms with Crippen LogP contribution in [0, 0.1) is 0 Å². The van der Waals surface area contributed by atoms with E-state index in [0.717, 1.165) is 35.6 Å². The molecular formula is C19H19N3O2. The monoisotopic (exact) mass is 321 g/mol. The Morgan fingerprint density at radius 2 is 1.96 bits per heavy atom. The minimum absolute atomic E-state index is 0.400. The second kappa shape index (κ2) is 6.09. The van der Waals surface area contributed by atoms with Crippen molar-refractivity contribution < 1.29 is 9.90 Å². The molecule has 0 saturated carbocycles. The maximum atomic E-state index is 11.5. The number of aliphatic carboxylic acids is 1. The predicted molar refractivity (Wildman–Crippen MR) is 91.7 cm³/mol. The Balaban J connectivity index is 1.80. The van der Waals surface area contributed by atoms with Gasteiger partial charge in [0.1, 0.15) is 11.7 Å². The Kier molecular flexibility index (Phi) is 3.78. The van der Waals surface area contributed by atoms with Gasteiger partial charge in [-0.25, -0.2) is 4.98 Å². The van der Waals surface area contributed by atoms with Crippen molar-refractivity contribution >= 4 is 11.6 Å². The van der Waals surface area contributed by atoms with Gasteiger partial charge in [-0.15, -0.1) is 0 Å². The van der Waals surface area contributed by atoms with Gasteiger partial charge in [0.05, 0.1) is 11.4 Å². The lowest BCUT2D eigenvalue weighted by atomic mass is 10.1. The van der Waals surface area contributed by atoms with E-state index in [4.69, 9.17) is 4.98 Å². The van der Waals surface area contributed by atoms with Crippen LogP contribution in [0.2, 0.25) is 0 Å². The summed E-state index contributed by atoms with van der Waals surface area (Å²) in [7, 11) is 0. The molecule has 3 heterocycles. The first-order chi connectivity index (χ1) is 11.7. The number of likely N-dealkylation sites (tertiary alicyclic amines) is 1. The fourth-order valence-corrected chi connectivity index (χ4v) is 3.51. The first-order valence-electron chi connectivity index (χ1n) is 8.22. The van der Waals surface area contributed by atoms with Crippen molar-refractivity contribution in [2.45, 2.75) is 25.4 Å². The van der Waals surface area contributed by atoms with Crippen molar-refractivity contribution in [3.8, 4) is 11.3 Å². The third-order valence-corrected chi connectivity index (χ3v) is 4.68. The highest BCUT2D eigenvalue weighted by Gasteiger charge is 2.31. The molecule has 1 aliphatic rings. The number of rotatable bonds is 4. The number of fused-ring (bicyclic) bond motifs is 1. The molecule has 1 saturated heterocycles.